The zero-order valence-corrected chi connectivity index (χ0v) is 13.9. The van der Waals surface area contributed by atoms with E-state index < -0.39 is 17.7 Å². The Bertz CT molecular complexity index is 893. The molecule has 0 aliphatic carbocycles. The lowest BCUT2D eigenvalue weighted by molar-refractivity contribution is 0.169. The molecule has 0 spiro atoms. The number of anilines is 2. The van der Waals surface area contributed by atoms with Gasteiger partial charge in [-0.15, -0.1) is 0 Å². The molecule has 130 valence electrons. The summed E-state index contributed by atoms with van der Waals surface area (Å²) in [7, 11) is 0. The number of pyridine rings is 1. The van der Waals surface area contributed by atoms with Crippen LogP contribution in [-0.4, -0.2) is 26.0 Å². The number of aryl methyl sites for hydroxylation is 1. The van der Waals surface area contributed by atoms with Crippen molar-refractivity contribution < 1.29 is 13.9 Å². The molecule has 0 unspecified atom stereocenters. The molecule has 3 rings (SSSR count). The fourth-order valence-corrected chi connectivity index (χ4v) is 2.47. The predicted molar refractivity (Wildman–Crippen MR) is 91.5 cm³/mol. The maximum atomic E-state index is 13.4. The van der Waals surface area contributed by atoms with Gasteiger partial charge in [0.2, 0.25) is 0 Å². The van der Waals surface area contributed by atoms with E-state index in [0.717, 1.165) is 23.4 Å². The fourth-order valence-electron chi connectivity index (χ4n) is 2.47. The molecule has 2 N–H and O–H groups in total. The zero-order valence-electron chi connectivity index (χ0n) is 13.9. The van der Waals surface area contributed by atoms with Gasteiger partial charge in [0.05, 0.1) is 24.0 Å². The number of nitrogens with zero attached hydrogens (tertiary/aromatic N) is 3. The highest BCUT2D eigenvalue weighted by Crippen LogP contribution is 2.25. The standard InChI is InChI=1S/C18H18F2N4O/c1-11-5-6-21-16(7-11)17-9-18(23-24(17)10-12(2)25)22-13-3-4-14(19)15(20)8-13/h3-9,12,25H,10H2,1-2H3,(H,22,23)/t12-/m0/s1. The molecule has 1 atom stereocenters. The minimum absolute atomic E-state index is 0.282. The molecule has 0 saturated carbocycles. The van der Waals surface area contributed by atoms with E-state index in [9.17, 15) is 13.9 Å². The second-order valence-electron chi connectivity index (χ2n) is 5.92. The molecule has 0 bridgehead atoms. The molecule has 0 radical (unpaired) electrons. The number of aliphatic hydroxyl groups is 1. The van der Waals surface area contributed by atoms with Gasteiger partial charge in [-0.1, -0.05) is 0 Å². The quantitative estimate of drug-likeness (QED) is 0.741. The van der Waals surface area contributed by atoms with Gasteiger partial charge >= 0.3 is 0 Å². The summed E-state index contributed by atoms with van der Waals surface area (Å²) in [6, 6.07) is 9.10. The summed E-state index contributed by atoms with van der Waals surface area (Å²) in [5.74, 6) is -1.39. The first-order valence-corrected chi connectivity index (χ1v) is 7.83. The van der Waals surface area contributed by atoms with Crippen LogP contribution in [0.5, 0.6) is 0 Å². The van der Waals surface area contributed by atoms with Crippen molar-refractivity contribution in [2.45, 2.75) is 26.5 Å². The second kappa shape index (κ2) is 6.98. The Hall–Kier alpha value is -2.80. The number of rotatable bonds is 5. The van der Waals surface area contributed by atoms with Gasteiger partial charge < -0.3 is 10.4 Å². The molecule has 0 fully saturated rings. The number of aromatic nitrogens is 3. The third-order valence-electron chi connectivity index (χ3n) is 3.59. The minimum Gasteiger partial charge on any atom is -0.391 e. The average molecular weight is 344 g/mol. The van der Waals surface area contributed by atoms with Gasteiger partial charge in [0, 0.05) is 24.0 Å². The molecule has 7 heteroatoms. The summed E-state index contributed by atoms with van der Waals surface area (Å²) in [5, 5.41) is 17.0. The Morgan fingerprint density at radius 3 is 2.64 bits per heavy atom. The van der Waals surface area contributed by atoms with Crippen molar-refractivity contribution in [3.63, 3.8) is 0 Å². The number of nitrogens with one attached hydrogen (secondary N) is 1. The maximum absolute atomic E-state index is 13.4. The van der Waals surface area contributed by atoms with E-state index >= 15 is 0 Å². The molecule has 0 amide bonds. The highest BCUT2D eigenvalue weighted by Gasteiger charge is 2.14. The van der Waals surface area contributed by atoms with E-state index in [1.807, 2.05) is 19.1 Å². The molecule has 0 saturated heterocycles. The van der Waals surface area contributed by atoms with Crippen molar-refractivity contribution >= 4 is 11.5 Å². The van der Waals surface area contributed by atoms with Crippen molar-refractivity contribution in [2.75, 3.05) is 5.32 Å². The maximum Gasteiger partial charge on any atom is 0.160 e. The van der Waals surface area contributed by atoms with E-state index in [0.29, 0.717) is 17.2 Å². The van der Waals surface area contributed by atoms with E-state index in [-0.39, 0.29) is 6.54 Å². The number of halogens is 2. The number of benzene rings is 1. The van der Waals surface area contributed by atoms with Crippen LogP contribution in [0.2, 0.25) is 0 Å². The molecular weight excluding hydrogens is 326 g/mol. The summed E-state index contributed by atoms with van der Waals surface area (Å²) < 4.78 is 28.0. The van der Waals surface area contributed by atoms with Crippen LogP contribution < -0.4 is 5.32 Å². The van der Waals surface area contributed by atoms with Gasteiger partial charge in [0.1, 0.15) is 0 Å². The van der Waals surface area contributed by atoms with Crippen LogP contribution in [0.1, 0.15) is 12.5 Å². The first-order valence-electron chi connectivity index (χ1n) is 7.83. The van der Waals surface area contributed by atoms with E-state index in [4.69, 9.17) is 0 Å². The number of hydrogen-bond donors (Lipinski definition) is 2. The van der Waals surface area contributed by atoms with Crippen LogP contribution in [0.3, 0.4) is 0 Å². The Labute approximate surface area is 144 Å². The van der Waals surface area contributed by atoms with Crippen LogP contribution in [0.25, 0.3) is 11.4 Å². The first-order chi connectivity index (χ1) is 11.9. The van der Waals surface area contributed by atoms with Crippen LogP contribution in [-0.2, 0) is 6.54 Å². The summed E-state index contributed by atoms with van der Waals surface area (Å²) in [6.07, 6.45) is 1.10. The van der Waals surface area contributed by atoms with Crippen LogP contribution >= 0.6 is 0 Å². The van der Waals surface area contributed by atoms with Crippen molar-refractivity contribution in [2.24, 2.45) is 0 Å². The Morgan fingerprint density at radius 1 is 1.16 bits per heavy atom. The topological polar surface area (TPSA) is 63.0 Å². The van der Waals surface area contributed by atoms with Crippen molar-refractivity contribution in [3.05, 3.63) is 59.8 Å². The number of aliphatic hydroxyl groups excluding tert-OH is 1. The van der Waals surface area contributed by atoms with Gasteiger partial charge in [0.25, 0.3) is 0 Å². The smallest absolute Gasteiger partial charge is 0.160 e. The molecule has 2 aromatic heterocycles. The van der Waals surface area contributed by atoms with Crippen LogP contribution in [0.4, 0.5) is 20.3 Å². The van der Waals surface area contributed by atoms with Crippen molar-refractivity contribution in [3.8, 4) is 11.4 Å². The molecule has 1 aromatic carbocycles. The molecular formula is C18H18F2N4O. The normalized spacial score (nSPS) is 12.2. The van der Waals surface area contributed by atoms with Gasteiger partial charge in [-0.25, -0.2) is 8.78 Å². The Kier molecular flexibility index (Phi) is 4.76. The van der Waals surface area contributed by atoms with Crippen LogP contribution in [0.15, 0.2) is 42.6 Å². The molecule has 25 heavy (non-hydrogen) atoms. The van der Waals surface area contributed by atoms with Gasteiger partial charge in [-0.2, -0.15) is 5.10 Å². The average Bonchev–Trinajstić information content (AvgIpc) is 2.92. The SMILES string of the molecule is Cc1ccnc(-c2cc(Nc3ccc(F)c(F)c3)nn2C[C@H](C)O)c1. The van der Waals surface area contributed by atoms with Crippen molar-refractivity contribution in [1.29, 1.82) is 0 Å². The largest absolute Gasteiger partial charge is 0.391 e. The fraction of sp³-hybridized carbons (Fsp3) is 0.222. The van der Waals surface area contributed by atoms with Gasteiger partial charge in [0.15, 0.2) is 17.5 Å². The Morgan fingerprint density at radius 2 is 1.96 bits per heavy atom. The summed E-state index contributed by atoms with van der Waals surface area (Å²) in [5.41, 5.74) is 2.86. The minimum atomic E-state index is -0.936. The lowest BCUT2D eigenvalue weighted by Gasteiger charge is -2.09. The summed E-state index contributed by atoms with van der Waals surface area (Å²) >= 11 is 0. The highest BCUT2D eigenvalue weighted by atomic mass is 19.2. The highest BCUT2D eigenvalue weighted by molar-refractivity contribution is 5.64. The monoisotopic (exact) mass is 344 g/mol. The first kappa shape index (κ1) is 17.0. The summed E-state index contributed by atoms with van der Waals surface area (Å²) in [4.78, 5) is 4.34. The predicted octanol–water partition coefficient (Wildman–Crippen LogP) is 3.66. The summed E-state index contributed by atoms with van der Waals surface area (Å²) in [6.45, 7) is 3.91. The van der Waals surface area contributed by atoms with E-state index in [2.05, 4.69) is 15.4 Å². The van der Waals surface area contributed by atoms with E-state index in [1.165, 1.54) is 6.07 Å². The molecule has 3 aromatic rings. The molecule has 2 heterocycles. The molecule has 0 aliphatic rings. The number of hydrogen-bond acceptors (Lipinski definition) is 4. The lowest BCUT2D eigenvalue weighted by Crippen LogP contribution is -2.14. The second-order valence-corrected chi connectivity index (χ2v) is 5.92. The van der Waals surface area contributed by atoms with Gasteiger partial charge in [-0.3, -0.25) is 9.67 Å². The molecule has 5 nitrogen and oxygen atoms in total. The zero-order chi connectivity index (χ0) is 18.0. The third-order valence-corrected chi connectivity index (χ3v) is 3.59. The molecule has 0 aliphatic heterocycles. The van der Waals surface area contributed by atoms with Gasteiger partial charge in [-0.05, 0) is 43.7 Å². The third kappa shape index (κ3) is 4.00. The van der Waals surface area contributed by atoms with Crippen LogP contribution in [0, 0.1) is 18.6 Å². The lowest BCUT2D eigenvalue weighted by atomic mass is 10.2. The van der Waals surface area contributed by atoms with E-state index in [1.54, 1.807) is 23.9 Å². The Balaban J connectivity index is 1.96. The van der Waals surface area contributed by atoms with Crippen molar-refractivity contribution in [1.82, 2.24) is 14.8 Å².